The zero-order chi connectivity index (χ0) is 59.2. The SMILES string of the molecule is CCCCC/C=C\CCCCCCCC(=O)OCCCCCCCCCCCCCC/C=C\CCCCCCCCCCCCCCCCCC(=O)NC(CO)C(O)CCCCCCCCCCCCCCCCCCCCCCCC. The molecule has 1 amide bonds. The van der Waals surface area contributed by atoms with Crippen LogP contribution in [-0.4, -0.2) is 47.4 Å². The highest BCUT2D eigenvalue weighted by Crippen LogP contribution is 2.19. The van der Waals surface area contributed by atoms with Gasteiger partial charge in [-0.25, -0.2) is 0 Å². The van der Waals surface area contributed by atoms with Crippen molar-refractivity contribution in [3.63, 3.8) is 0 Å². The minimum Gasteiger partial charge on any atom is -0.466 e. The smallest absolute Gasteiger partial charge is 0.305 e. The van der Waals surface area contributed by atoms with Crippen molar-refractivity contribution >= 4 is 11.9 Å². The quantitative estimate of drug-likeness (QED) is 0.0320. The Balaban J connectivity index is 3.36. The Bertz CT molecular complexity index is 1280. The zero-order valence-electron chi connectivity index (χ0n) is 55.8. The highest BCUT2D eigenvalue weighted by atomic mass is 16.5. The van der Waals surface area contributed by atoms with Crippen LogP contribution in [0.15, 0.2) is 24.3 Å². The molecule has 82 heavy (non-hydrogen) atoms. The number of nitrogens with one attached hydrogen (secondary N) is 1. The van der Waals surface area contributed by atoms with Crippen LogP contribution in [0.2, 0.25) is 0 Å². The van der Waals surface area contributed by atoms with Gasteiger partial charge in [-0.1, -0.05) is 359 Å². The highest BCUT2D eigenvalue weighted by molar-refractivity contribution is 5.76. The molecule has 0 heterocycles. The second-order valence-electron chi connectivity index (χ2n) is 26.0. The standard InChI is InChI=1S/C76H147NO5/c1-3-5-7-9-11-13-15-17-18-19-20-21-33-36-39-42-45-48-52-56-60-64-68-74(79)73(72-78)77-75(80)69-65-61-57-53-49-46-43-40-37-34-31-29-27-25-23-22-24-26-28-30-32-35-38-41-44-47-51-55-59-63-67-71-82-76(81)70-66-62-58-54-50-16-14-12-10-8-6-4-2/h12,14,24,26,73-74,78-79H,3-11,13,15-23,25,27-72H2,1-2H3,(H,77,80)/b14-12-,26-24-. The summed E-state index contributed by atoms with van der Waals surface area (Å²) in [6, 6.07) is -0.541. The summed E-state index contributed by atoms with van der Waals surface area (Å²) >= 11 is 0. The maximum Gasteiger partial charge on any atom is 0.305 e. The minimum atomic E-state index is -0.664. The summed E-state index contributed by atoms with van der Waals surface area (Å²) in [5.41, 5.74) is 0. The van der Waals surface area contributed by atoms with Crippen molar-refractivity contribution in [2.24, 2.45) is 0 Å². The molecule has 0 aliphatic carbocycles. The molecule has 2 atom stereocenters. The van der Waals surface area contributed by atoms with Crippen molar-refractivity contribution in [3.05, 3.63) is 24.3 Å². The Morgan fingerprint density at radius 3 is 0.890 bits per heavy atom. The molecule has 6 heteroatoms. The number of aliphatic hydroxyl groups is 2. The molecule has 0 fully saturated rings. The van der Waals surface area contributed by atoms with Gasteiger partial charge in [0.2, 0.25) is 5.91 Å². The predicted molar refractivity (Wildman–Crippen MR) is 361 cm³/mol. The van der Waals surface area contributed by atoms with E-state index >= 15 is 0 Å². The molecule has 0 saturated heterocycles. The van der Waals surface area contributed by atoms with Gasteiger partial charge in [-0.3, -0.25) is 9.59 Å². The molecule has 486 valence electrons. The fourth-order valence-electron chi connectivity index (χ4n) is 12.0. The maximum atomic E-state index is 12.6. The van der Waals surface area contributed by atoms with Crippen LogP contribution in [0.3, 0.4) is 0 Å². The van der Waals surface area contributed by atoms with Crippen molar-refractivity contribution < 1.29 is 24.5 Å². The molecule has 2 unspecified atom stereocenters. The van der Waals surface area contributed by atoms with Crippen LogP contribution in [0, 0.1) is 0 Å². The second kappa shape index (κ2) is 71.8. The molecule has 0 rings (SSSR count). The fraction of sp³-hybridized carbons (Fsp3) is 0.921. The number of hydrogen-bond donors (Lipinski definition) is 3. The molecule has 0 bridgehead atoms. The first-order chi connectivity index (χ1) is 40.5. The first kappa shape index (κ1) is 80.3. The number of carbonyl (C=O) groups excluding carboxylic acids is 2. The van der Waals surface area contributed by atoms with Gasteiger partial charge in [0.15, 0.2) is 0 Å². The molecule has 0 aliphatic heterocycles. The van der Waals surface area contributed by atoms with E-state index < -0.39 is 12.1 Å². The first-order valence-electron chi connectivity index (χ1n) is 37.6. The summed E-state index contributed by atoms with van der Waals surface area (Å²) in [6.45, 7) is 4.97. The number of carbonyl (C=O) groups is 2. The topological polar surface area (TPSA) is 95.9 Å². The molecule has 0 radical (unpaired) electrons. The lowest BCUT2D eigenvalue weighted by molar-refractivity contribution is -0.143. The summed E-state index contributed by atoms with van der Waals surface area (Å²) in [4.78, 5) is 24.6. The third-order valence-electron chi connectivity index (χ3n) is 17.7. The van der Waals surface area contributed by atoms with Gasteiger partial charge in [0.25, 0.3) is 0 Å². The van der Waals surface area contributed by atoms with Gasteiger partial charge in [0.05, 0.1) is 25.4 Å². The number of rotatable bonds is 71. The predicted octanol–water partition coefficient (Wildman–Crippen LogP) is 24.5. The number of hydrogen-bond acceptors (Lipinski definition) is 5. The molecule has 0 spiro atoms. The Labute approximate surface area is 513 Å². The van der Waals surface area contributed by atoms with Crippen molar-refractivity contribution in [2.45, 2.75) is 437 Å². The van der Waals surface area contributed by atoms with Crippen molar-refractivity contribution in [2.75, 3.05) is 13.2 Å². The fourth-order valence-corrected chi connectivity index (χ4v) is 12.0. The Morgan fingerprint density at radius 1 is 0.329 bits per heavy atom. The van der Waals surface area contributed by atoms with E-state index in [0.717, 1.165) is 44.9 Å². The number of ether oxygens (including phenoxy) is 1. The molecule has 6 nitrogen and oxygen atoms in total. The largest absolute Gasteiger partial charge is 0.466 e. The van der Waals surface area contributed by atoms with E-state index in [-0.39, 0.29) is 18.5 Å². The van der Waals surface area contributed by atoms with Crippen LogP contribution in [0.5, 0.6) is 0 Å². The average molecular weight is 1160 g/mol. The number of unbranched alkanes of at least 4 members (excludes halogenated alkanes) is 56. The van der Waals surface area contributed by atoms with E-state index in [1.165, 1.54) is 347 Å². The normalized spacial score (nSPS) is 12.6. The average Bonchev–Trinajstić information content (AvgIpc) is 3.48. The minimum absolute atomic E-state index is 0.00831. The van der Waals surface area contributed by atoms with E-state index in [4.69, 9.17) is 4.74 Å². The Hall–Kier alpha value is -1.66. The Morgan fingerprint density at radius 2 is 0.573 bits per heavy atom. The second-order valence-corrected chi connectivity index (χ2v) is 26.0. The van der Waals surface area contributed by atoms with Crippen molar-refractivity contribution in [1.82, 2.24) is 5.32 Å². The summed E-state index contributed by atoms with van der Waals surface area (Å²) in [6.07, 6.45) is 91.1. The summed E-state index contributed by atoms with van der Waals surface area (Å²) in [7, 11) is 0. The van der Waals surface area contributed by atoms with Gasteiger partial charge < -0.3 is 20.3 Å². The molecular weight excluding hydrogens is 1010 g/mol. The summed E-state index contributed by atoms with van der Waals surface area (Å²) in [5, 5.41) is 23.4. The van der Waals surface area contributed by atoms with Gasteiger partial charge in [-0.2, -0.15) is 0 Å². The van der Waals surface area contributed by atoms with E-state index in [1.54, 1.807) is 0 Å². The molecule has 0 aromatic rings. The highest BCUT2D eigenvalue weighted by Gasteiger charge is 2.20. The van der Waals surface area contributed by atoms with E-state index in [2.05, 4.69) is 43.5 Å². The Kier molecular flexibility index (Phi) is 70.4. The third-order valence-corrected chi connectivity index (χ3v) is 17.7. The first-order valence-corrected chi connectivity index (χ1v) is 37.6. The van der Waals surface area contributed by atoms with Crippen LogP contribution in [0.25, 0.3) is 0 Å². The number of allylic oxidation sites excluding steroid dienone is 4. The van der Waals surface area contributed by atoms with Crippen LogP contribution in [0.4, 0.5) is 0 Å². The monoisotopic (exact) mass is 1150 g/mol. The summed E-state index contributed by atoms with van der Waals surface area (Å²) in [5.74, 6) is -0.0195. The van der Waals surface area contributed by atoms with Crippen LogP contribution in [0.1, 0.15) is 425 Å². The lowest BCUT2D eigenvalue weighted by atomic mass is 10.0. The molecule has 0 aromatic heterocycles. The van der Waals surface area contributed by atoms with Gasteiger partial charge >= 0.3 is 5.97 Å². The van der Waals surface area contributed by atoms with Crippen LogP contribution < -0.4 is 5.32 Å². The number of aliphatic hydroxyl groups excluding tert-OH is 2. The van der Waals surface area contributed by atoms with Gasteiger partial charge in [0, 0.05) is 12.8 Å². The van der Waals surface area contributed by atoms with Crippen molar-refractivity contribution in [3.8, 4) is 0 Å². The molecule has 3 N–H and O–H groups in total. The van der Waals surface area contributed by atoms with Gasteiger partial charge in [-0.15, -0.1) is 0 Å². The molecule has 0 aromatic carbocycles. The van der Waals surface area contributed by atoms with Crippen LogP contribution in [-0.2, 0) is 14.3 Å². The maximum absolute atomic E-state index is 12.6. The summed E-state index contributed by atoms with van der Waals surface area (Å²) < 4.78 is 5.48. The van der Waals surface area contributed by atoms with E-state index in [9.17, 15) is 19.8 Å². The number of amides is 1. The van der Waals surface area contributed by atoms with Crippen LogP contribution >= 0.6 is 0 Å². The van der Waals surface area contributed by atoms with Gasteiger partial charge in [-0.05, 0) is 77.0 Å². The lowest BCUT2D eigenvalue weighted by Gasteiger charge is -2.22. The zero-order valence-corrected chi connectivity index (χ0v) is 55.8. The van der Waals surface area contributed by atoms with Gasteiger partial charge in [0.1, 0.15) is 0 Å². The third kappa shape index (κ3) is 67.5. The molecule has 0 saturated carbocycles. The van der Waals surface area contributed by atoms with E-state index in [0.29, 0.717) is 25.9 Å². The van der Waals surface area contributed by atoms with E-state index in [1.807, 2.05) is 0 Å². The lowest BCUT2D eigenvalue weighted by Crippen LogP contribution is -2.45. The molecular formula is C76H147NO5. The van der Waals surface area contributed by atoms with Crippen molar-refractivity contribution in [1.29, 1.82) is 0 Å². The number of esters is 1. The molecule has 0 aliphatic rings.